The molecule has 0 aromatic heterocycles. The topological polar surface area (TPSA) is 208 Å². The Hall–Kier alpha value is -3.67. The Morgan fingerprint density at radius 1 is 0.941 bits per heavy atom. The van der Waals surface area contributed by atoms with Crippen LogP contribution in [0.5, 0.6) is 5.75 Å². The molecule has 0 radical (unpaired) electrons. The fourth-order valence-electron chi connectivity index (χ4n) is 3.07. The third kappa shape index (κ3) is 9.45. The number of carbonyl (C=O) groups is 5. The molecule has 3 amide bonds. The van der Waals surface area contributed by atoms with Gasteiger partial charge in [0.25, 0.3) is 0 Å². The molecule has 0 spiro atoms. The molecule has 188 valence electrons. The minimum Gasteiger partial charge on any atom is -0.508 e. The van der Waals surface area contributed by atoms with Gasteiger partial charge in [-0.25, -0.2) is 4.79 Å². The predicted octanol–water partition coefficient (Wildman–Crippen LogP) is -0.657. The van der Waals surface area contributed by atoms with Crippen molar-refractivity contribution in [3.05, 3.63) is 29.8 Å². The normalized spacial score (nSPS) is 14.2. The van der Waals surface area contributed by atoms with Crippen LogP contribution in [0.4, 0.5) is 0 Å². The molecule has 0 aliphatic heterocycles. The number of carboxylic acid groups (broad SMARTS) is 2. The fourth-order valence-corrected chi connectivity index (χ4v) is 3.07. The van der Waals surface area contributed by atoms with Crippen LogP contribution in [0, 0.1) is 5.92 Å². The summed E-state index contributed by atoms with van der Waals surface area (Å²) in [5.74, 6) is -5.05. The number of benzene rings is 1. The van der Waals surface area contributed by atoms with Gasteiger partial charge in [-0.1, -0.05) is 32.4 Å². The summed E-state index contributed by atoms with van der Waals surface area (Å²) in [7, 11) is 0. The Labute approximate surface area is 196 Å². The lowest BCUT2D eigenvalue weighted by Crippen LogP contribution is -2.58. The lowest BCUT2D eigenvalue weighted by molar-refractivity contribution is -0.142. The molecule has 8 N–H and O–H groups in total. The number of hydrogen-bond donors (Lipinski definition) is 7. The molecule has 0 aliphatic carbocycles. The van der Waals surface area contributed by atoms with Crippen molar-refractivity contribution in [1.82, 2.24) is 16.0 Å². The molecule has 0 bridgehead atoms. The van der Waals surface area contributed by atoms with E-state index < -0.39 is 66.7 Å². The molecule has 0 fully saturated rings. The highest BCUT2D eigenvalue weighted by Crippen LogP contribution is 2.13. The molecule has 1 rings (SSSR count). The first kappa shape index (κ1) is 28.4. The number of aliphatic carboxylic acids is 2. The quantitative estimate of drug-likeness (QED) is 0.180. The van der Waals surface area contributed by atoms with E-state index in [0.717, 1.165) is 0 Å². The van der Waals surface area contributed by atoms with E-state index in [1.54, 1.807) is 13.8 Å². The first-order valence-electron chi connectivity index (χ1n) is 10.8. The molecule has 4 unspecified atom stereocenters. The van der Waals surface area contributed by atoms with E-state index >= 15 is 0 Å². The molecule has 1 aromatic rings. The van der Waals surface area contributed by atoms with Crippen LogP contribution in [0.15, 0.2) is 24.3 Å². The highest BCUT2D eigenvalue weighted by molar-refractivity contribution is 5.94. The molecule has 4 atom stereocenters. The van der Waals surface area contributed by atoms with Crippen molar-refractivity contribution >= 4 is 29.7 Å². The number of phenols is 1. The van der Waals surface area contributed by atoms with Crippen LogP contribution in [0.25, 0.3) is 0 Å². The third-order valence-electron chi connectivity index (χ3n) is 5.27. The van der Waals surface area contributed by atoms with E-state index in [4.69, 9.17) is 10.8 Å². The van der Waals surface area contributed by atoms with Crippen LogP contribution in [0.3, 0.4) is 0 Å². The second-order valence-corrected chi connectivity index (χ2v) is 7.90. The van der Waals surface area contributed by atoms with Crippen molar-refractivity contribution in [2.45, 2.75) is 57.7 Å². The van der Waals surface area contributed by atoms with E-state index in [1.165, 1.54) is 24.3 Å². The Morgan fingerprint density at radius 2 is 1.56 bits per heavy atom. The highest BCUT2D eigenvalue weighted by atomic mass is 16.4. The monoisotopic (exact) mass is 480 g/mol. The number of nitrogens with one attached hydrogen (secondary N) is 3. The number of nitrogens with two attached hydrogens (primary N) is 1. The maximum atomic E-state index is 13.0. The van der Waals surface area contributed by atoms with E-state index in [1.807, 2.05) is 0 Å². The smallest absolute Gasteiger partial charge is 0.326 e. The van der Waals surface area contributed by atoms with Crippen molar-refractivity contribution in [2.75, 3.05) is 6.54 Å². The van der Waals surface area contributed by atoms with Crippen LogP contribution in [-0.4, -0.2) is 69.7 Å². The third-order valence-corrected chi connectivity index (χ3v) is 5.27. The van der Waals surface area contributed by atoms with Gasteiger partial charge in [-0.15, -0.1) is 0 Å². The summed E-state index contributed by atoms with van der Waals surface area (Å²) in [6.45, 7) is 3.05. The molecule has 1 aromatic carbocycles. The Bertz CT molecular complexity index is 874. The molecule has 0 saturated heterocycles. The first-order valence-corrected chi connectivity index (χ1v) is 10.8. The van der Waals surface area contributed by atoms with Crippen molar-refractivity contribution in [2.24, 2.45) is 11.7 Å². The summed E-state index contributed by atoms with van der Waals surface area (Å²) in [4.78, 5) is 60.1. The summed E-state index contributed by atoms with van der Waals surface area (Å²) in [5, 5.41) is 35.1. The second-order valence-electron chi connectivity index (χ2n) is 7.90. The van der Waals surface area contributed by atoms with E-state index in [9.17, 15) is 34.2 Å². The van der Waals surface area contributed by atoms with Gasteiger partial charge in [0.2, 0.25) is 17.7 Å². The predicted molar refractivity (Wildman–Crippen MR) is 121 cm³/mol. The van der Waals surface area contributed by atoms with Gasteiger partial charge in [0.15, 0.2) is 0 Å². The number of aromatic hydroxyl groups is 1. The largest absolute Gasteiger partial charge is 0.508 e. The molecule has 0 heterocycles. The fraction of sp³-hybridized carbons (Fsp3) is 0.500. The molecule has 0 aliphatic rings. The lowest BCUT2D eigenvalue weighted by atomic mass is 9.96. The molecule has 12 heteroatoms. The van der Waals surface area contributed by atoms with Gasteiger partial charge in [-0.2, -0.15) is 0 Å². The zero-order chi connectivity index (χ0) is 25.8. The maximum absolute atomic E-state index is 13.0. The van der Waals surface area contributed by atoms with E-state index in [0.29, 0.717) is 12.0 Å². The van der Waals surface area contributed by atoms with E-state index in [-0.39, 0.29) is 18.6 Å². The molecule has 34 heavy (non-hydrogen) atoms. The average Bonchev–Trinajstić information content (AvgIpc) is 2.79. The lowest BCUT2D eigenvalue weighted by Gasteiger charge is -2.27. The van der Waals surface area contributed by atoms with Crippen molar-refractivity contribution < 1.29 is 39.3 Å². The second kappa shape index (κ2) is 13.8. The van der Waals surface area contributed by atoms with Crippen LogP contribution in [0.1, 0.15) is 38.7 Å². The van der Waals surface area contributed by atoms with Gasteiger partial charge < -0.3 is 37.0 Å². The number of carboxylic acids is 2. The Morgan fingerprint density at radius 3 is 2.06 bits per heavy atom. The number of hydrogen-bond acceptors (Lipinski definition) is 7. The highest BCUT2D eigenvalue weighted by Gasteiger charge is 2.32. The van der Waals surface area contributed by atoms with Gasteiger partial charge in [0, 0.05) is 12.8 Å². The Balaban J connectivity index is 3.01. The van der Waals surface area contributed by atoms with Crippen molar-refractivity contribution in [3.63, 3.8) is 0 Å². The van der Waals surface area contributed by atoms with Gasteiger partial charge >= 0.3 is 11.9 Å². The zero-order valence-corrected chi connectivity index (χ0v) is 19.1. The Kier molecular flexibility index (Phi) is 11.5. The van der Waals surface area contributed by atoms with Gasteiger partial charge in [-0.05, 0) is 30.0 Å². The number of rotatable bonds is 14. The maximum Gasteiger partial charge on any atom is 0.326 e. The molecule has 12 nitrogen and oxygen atoms in total. The molecular formula is C22H32N4O8. The van der Waals surface area contributed by atoms with Crippen LogP contribution in [-0.2, 0) is 30.4 Å². The van der Waals surface area contributed by atoms with Crippen LogP contribution in [0.2, 0.25) is 0 Å². The zero-order valence-electron chi connectivity index (χ0n) is 19.1. The summed E-state index contributed by atoms with van der Waals surface area (Å²) in [6, 6.07) is 2.16. The van der Waals surface area contributed by atoms with Gasteiger partial charge in [0.05, 0.1) is 6.54 Å². The molecule has 0 saturated carbocycles. The summed E-state index contributed by atoms with van der Waals surface area (Å²) < 4.78 is 0. The SMILES string of the molecule is CCC(C)C(NC(=O)C(CCC(=O)O)NC(=O)CN)C(=O)NC(Cc1ccc(O)cc1)C(=O)O. The standard InChI is InChI=1S/C22H32N4O8/c1-3-12(2)19(26-20(31)15(8-9-18(29)30)24-17(28)11-23)21(32)25-16(22(33)34)10-13-4-6-14(27)7-5-13/h4-7,12,15-16,19,27H,3,8-11,23H2,1-2H3,(H,24,28)(H,25,32)(H,26,31)(H,29,30)(H,33,34). The average molecular weight is 481 g/mol. The van der Waals surface area contributed by atoms with Gasteiger partial charge in [-0.3, -0.25) is 19.2 Å². The van der Waals surface area contributed by atoms with Crippen molar-refractivity contribution in [3.8, 4) is 5.75 Å². The minimum absolute atomic E-state index is 0.0124. The first-order chi connectivity index (χ1) is 16.0. The van der Waals surface area contributed by atoms with Crippen LogP contribution < -0.4 is 21.7 Å². The number of phenolic OH excluding ortho intramolecular Hbond substituents is 1. The minimum atomic E-state index is -1.31. The van der Waals surface area contributed by atoms with E-state index in [2.05, 4.69) is 16.0 Å². The van der Waals surface area contributed by atoms with Gasteiger partial charge in [0.1, 0.15) is 23.9 Å². The van der Waals surface area contributed by atoms with Crippen molar-refractivity contribution in [1.29, 1.82) is 0 Å². The number of amides is 3. The molecular weight excluding hydrogens is 448 g/mol. The summed E-state index contributed by atoms with van der Waals surface area (Å²) in [5.41, 5.74) is 5.82. The van der Waals surface area contributed by atoms with Crippen LogP contribution >= 0.6 is 0 Å². The summed E-state index contributed by atoms with van der Waals surface area (Å²) in [6.07, 6.45) is -0.226. The summed E-state index contributed by atoms with van der Waals surface area (Å²) >= 11 is 0. The number of carbonyl (C=O) groups excluding carboxylic acids is 3.